The topological polar surface area (TPSA) is 37.3 Å². The van der Waals surface area contributed by atoms with Gasteiger partial charge in [-0.2, -0.15) is 0 Å². The maximum absolute atomic E-state index is 11.6. The molecule has 1 N–H and O–H groups in total. The highest BCUT2D eigenvalue weighted by molar-refractivity contribution is 6.33. The number of carboxylic acids is 1. The van der Waals surface area contributed by atoms with Crippen LogP contribution in [0.3, 0.4) is 0 Å². The van der Waals surface area contributed by atoms with Gasteiger partial charge in [-0.05, 0) is 43.0 Å². The average Bonchev–Trinajstić information content (AvgIpc) is 2.35. The fraction of sp³-hybridized carbons (Fsp3) is 0.500. The lowest BCUT2D eigenvalue weighted by Gasteiger charge is -2.33. The highest BCUT2D eigenvalue weighted by Gasteiger charge is 2.39. The van der Waals surface area contributed by atoms with E-state index in [-0.39, 0.29) is 0 Å². The van der Waals surface area contributed by atoms with Crippen LogP contribution in [0.1, 0.15) is 37.7 Å². The number of benzene rings is 1. The smallest absolute Gasteiger partial charge is 0.309 e. The van der Waals surface area contributed by atoms with E-state index in [4.69, 9.17) is 23.2 Å². The van der Waals surface area contributed by atoms with Gasteiger partial charge in [0.1, 0.15) is 0 Å². The van der Waals surface area contributed by atoms with Crippen molar-refractivity contribution >= 4 is 29.2 Å². The molecular weight excluding hydrogens is 271 g/mol. The first kappa shape index (κ1) is 13.7. The van der Waals surface area contributed by atoms with Crippen LogP contribution in [0.5, 0.6) is 0 Å². The Morgan fingerprint density at radius 3 is 2.50 bits per heavy atom. The second-order valence-electron chi connectivity index (χ2n) is 5.06. The van der Waals surface area contributed by atoms with Gasteiger partial charge in [0.15, 0.2) is 0 Å². The van der Waals surface area contributed by atoms with E-state index >= 15 is 0 Å². The van der Waals surface area contributed by atoms with Gasteiger partial charge in [-0.25, -0.2) is 0 Å². The lowest BCUT2D eigenvalue weighted by atomic mass is 9.70. The van der Waals surface area contributed by atoms with Crippen LogP contribution in [0.25, 0.3) is 0 Å². The summed E-state index contributed by atoms with van der Waals surface area (Å²) < 4.78 is 0. The van der Waals surface area contributed by atoms with Crippen LogP contribution in [0.15, 0.2) is 18.2 Å². The Morgan fingerprint density at radius 2 is 1.89 bits per heavy atom. The highest BCUT2D eigenvalue weighted by atomic mass is 35.5. The van der Waals surface area contributed by atoms with Gasteiger partial charge >= 0.3 is 5.97 Å². The molecule has 0 bridgehead atoms. The Kier molecular flexibility index (Phi) is 4.18. The fourth-order valence-corrected chi connectivity index (χ4v) is 3.12. The Labute approximate surface area is 117 Å². The Balaban J connectivity index is 2.28. The standard InChI is InChI=1S/C14H16Cl2O2/c15-11-4-5-12(16)10(8-11)9-14(13(17)18)6-2-1-3-7-14/h4-5,8H,1-3,6-7,9H2,(H,17,18). The Hall–Kier alpha value is -0.730. The predicted octanol–water partition coefficient (Wildman–Crippen LogP) is 4.57. The van der Waals surface area contributed by atoms with E-state index in [1.54, 1.807) is 18.2 Å². The molecular formula is C14H16Cl2O2. The van der Waals surface area contributed by atoms with Crippen LogP contribution in [0.4, 0.5) is 0 Å². The molecule has 18 heavy (non-hydrogen) atoms. The van der Waals surface area contributed by atoms with Gasteiger partial charge in [-0.1, -0.05) is 42.5 Å². The van der Waals surface area contributed by atoms with Crippen LogP contribution in [0, 0.1) is 5.41 Å². The van der Waals surface area contributed by atoms with Crippen molar-refractivity contribution in [1.29, 1.82) is 0 Å². The first-order chi connectivity index (χ1) is 8.53. The second-order valence-corrected chi connectivity index (χ2v) is 5.90. The molecule has 0 unspecified atom stereocenters. The third kappa shape index (κ3) is 2.81. The summed E-state index contributed by atoms with van der Waals surface area (Å²) in [6.45, 7) is 0. The molecule has 2 rings (SSSR count). The van der Waals surface area contributed by atoms with Crippen LogP contribution >= 0.6 is 23.2 Å². The summed E-state index contributed by atoms with van der Waals surface area (Å²) in [5.74, 6) is -0.710. The third-order valence-corrected chi connectivity index (χ3v) is 4.40. The number of carboxylic acid groups (broad SMARTS) is 1. The first-order valence-electron chi connectivity index (χ1n) is 6.21. The maximum atomic E-state index is 11.6. The van der Waals surface area contributed by atoms with Gasteiger partial charge in [0.2, 0.25) is 0 Å². The molecule has 1 aliphatic rings. The molecule has 0 amide bonds. The van der Waals surface area contributed by atoms with Gasteiger partial charge in [0.05, 0.1) is 5.41 Å². The summed E-state index contributed by atoms with van der Waals surface area (Å²) in [7, 11) is 0. The van der Waals surface area contributed by atoms with Crippen LogP contribution in [-0.2, 0) is 11.2 Å². The molecule has 2 nitrogen and oxygen atoms in total. The number of hydrogen-bond donors (Lipinski definition) is 1. The van der Waals surface area contributed by atoms with Crippen molar-refractivity contribution in [2.24, 2.45) is 5.41 Å². The molecule has 98 valence electrons. The molecule has 0 radical (unpaired) electrons. The summed E-state index contributed by atoms with van der Waals surface area (Å²) in [6, 6.07) is 5.24. The van der Waals surface area contributed by atoms with Gasteiger partial charge in [0.25, 0.3) is 0 Å². The quantitative estimate of drug-likeness (QED) is 0.884. The number of aliphatic carboxylic acids is 1. The summed E-state index contributed by atoms with van der Waals surface area (Å²) in [5.41, 5.74) is 0.181. The molecule has 4 heteroatoms. The minimum atomic E-state index is -0.710. The Morgan fingerprint density at radius 1 is 1.22 bits per heavy atom. The Bertz CT molecular complexity index is 451. The zero-order chi connectivity index (χ0) is 13.2. The zero-order valence-corrected chi connectivity index (χ0v) is 11.6. The monoisotopic (exact) mass is 286 g/mol. The summed E-state index contributed by atoms with van der Waals surface area (Å²) in [5, 5.41) is 10.7. The molecule has 0 aliphatic heterocycles. The predicted molar refractivity (Wildman–Crippen MR) is 73.3 cm³/mol. The average molecular weight is 287 g/mol. The number of rotatable bonds is 3. The van der Waals surface area contributed by atoms with E-state index in [2.05, 4.69) is 0 Å². The van der Waals surface area contributed by atoms with Gasteiger partial charge in [-0.3, -0.25) is 4.79 Å². The van der Waals surface area contributed by atoms with E-state index in [1.165, 1.54) is 0 Å². The molecule has 1 aromatic rings. The molecule has 1 fully saturated rings. The van der Waals surface area contributed by atoms with Crippen LogP contribution < -0.4 is 0 Å². The van der Waals surface area contributed by atoms with Crippen molar-refractivity contribution in [1.82, 2.24) is 0 Å². The summed E-state index contributed by atoms with van der Waals surface area (Å²) >= 11 is 12.1. The minimum Gasteiger partial charge on any atom is -0.481 e. The largest absolute Gasteiger partial charge is 0.481 e. The lowest BCUT2D eigenvalue weighted by molar-refractivity contribution is -0.151. The van der Waals surface area contributed by atoms with Gasteiger partial charge < -0.3 is 5.11 Å². The molecule has 1 aromatic carbocycles. The second kappa shape index (κ2) is 5.50. The molecule has 0 atom stereocenters. The SMILES string of the molecule is O=C(O)C1(Cc2cc(Cl)ccc2Cl)CCCCC1. The summed E-state index contributed by atoms with van der Waals surface area (Å²) in [6.07, 6.45) is 5.01. The number of hydrogen-bond acceptors (Lipinski definition) is 1. The van der Waals surface area contributed by atoms with E-state index in [9.17, 15) is 9.90 Å². The lowest BCUT2D eigenvalue weighted by Crippen LogP contribution is -2.35. The van der Waals surface area contributed by atoms with E-state index in [1.807, 2.05) is 0 Å². The molecule has 0 saturated heterocycles. The van der Waals surface area contributed by atoms with E-state index < -0.39 is 11.4 Å². The van der Waals surface area contributed by atoms with Gasteiger partial charge in [0, 0.05) is 10.0 Å². The van der Waals surface area contributed by atoms with Crippen molar-refractivity contribution in [3.8, 4) is 0 Å². The number of carbonyl (C=O) groups is 1. The normalized spacial score (nSPS) is 18.6. The van der Waals surface area contributed by atoms with E-state index in [0.717, 1.165) is 37.7 Å². The minimum absolute atomic E-state index is 0.474. The van der Waals surface area contributed by atoms with Crippen LogP contribution in [0.2, 0.25) is 10.0 Å². The van der Waals surface area contributed by atoms with Crippen molar-refractivity contribution in [2.75, 3.05) is 0 Å². The molecule has 0 aromatic heterocycles. The van der Waals surface area contributed by atoms with Crippen molar-refractivity contribution < 1.29 is 9.90 Å². The highest BCUT2D eigenvalue weighted by Crippen LogP contribution is 2.41. The van der Waals surface area contributed by atoms with Crippen molar-refractivity contribution in [2.45, 2.75) is 38.5 Å². The van der Waals surface area contributed by atoms with Gasteiger partial charge in [-0.15, -0.1) is 0 Å². The molecule has 0 heterocycles. The zero-order valence-electron chi connectivity index (χ0n) is 10.1. The maximum Gasteiger partial charge on any atom is 0.309 e. The van der Waals surface area contributed by atoms with Crippen molar-refractivity contribution in [3.63, 3.8) is 0 Å². The molecule has 0 spiro atoms. The first-order valence-corrected chi connectivity index (χ1v) is 6.96. The third-order valence-electron chi connectivity index (χ3n) is 3.80. The molecule has 1 saturated carbocycles. The number of halogens is 2. The van der Waals surface area contributed by atoms with E-state index in [0.29, 0.717) is 16.5 Å². The fourth-order valence-electron chi connectivity index (χ4n) is 2.74. The molecule has 1 aliphatic carbocycles. The van der Waals surface area contributed by atoms with Crippen molar-refractivity contribution in [3.05, 3.63) is 33.8 Å². The summed E-state index contributed by atoms with van der Waals surface area (Å²) in [4.78, 5) is 11.6. The van der Waals surface area contributed by atoms with Crippen LogP contribution in [-0.4, -0.2) is 11.1 Å².